The molecule has 25 heavy (non-hydrogen) atoms. The standard InChI is InChI=1S/C21H21N3O/c1-4-15-9-11-16(12-10-15)20-19(14(3)25)13(2)22-21-23-17-7-5-6-8-18(17)24(20)21/h5-12,20H,4H2,1-3H3,(H,22,23)/t20-/m1/s1. The van der Waals surface area contributed by atoms with Gasteiger partial charge in [0.05, 0.1) is 17.1 Å². The summed E-state index contributed by atoms with van der Waals surface area (Å²) in [5.41, 5.74) is 6.02. The van der Waals surface area contributed by atoms with Gasteiger partial charge in [-0.1, -0.05) is 43.3 Å². The number of allylic oxidation sites excluding steroid dienone is 2. The van der Waals surface area contributed by atoms with E-state index in [1.807, 2.05) is 25.1 Å². The van der Waals surface area contributed by atoms with E-state index in [0.717, 1.165) is 40.2 Å². The van der Waals surface area contributed by atoms with Crippen molar-refractivity contribution >= 4 is 22.8 Å². The molecule has 0 unspecified atom stereocenters. The molecular formula is C21H21N3O. The number of Topliss-reactive ketones (excluding diaryl/α,β-unsaturated/α-hetero) is 1. The van der Waals surface area contributed by atoms with Crippen LogP contribution in [0.2, 0.25) is 0 Å². The number of anilines is 1. The summed E-state index contributed by atoms with van der Waals surface area (Å²) < 4.78 is 2.14. The molecule has 0 bridgehead atoms. The Morgan fingerprint density at radius 1 is 1.16 bits per heavy atom. The summed E-state index contributed by atoms with van der Waals surface area (Å²) in [7, 11) is 0. The van der Waals surface area contributed by atoms with Crippen LogP contribution in [0.25, 0.3) is 11.0 Å². The van der Waals surface area contributed by atoms with Gasteiger partial charge in [-0.3, -0.25) is 9.36 Å². The van der Waals surface area contributed by atoms with E-state index in [-0.39, 0.29) is 11.8 Å². The Bertz CT molecular complexity index is 996. The summed E-state index contributed by atoms with van der Waals surface area (Å²) in [6, 6.07) is 16.4. The van der Waals surface area contributed by atoms with Crippen molar-refractivity contribution in [2.45, 2.75) is 33.2 Å². The summed E-state index contributed by atoms with van der Waals surface area (Å²) in [5, 5.41) is 3.31. The Balaban J connectivity index is 1.98. The van der Waals surface area contributed by atoms with Gasteiger partial charge >= 0.3 is 0 Å². The minimum Gasteiger partial charge on any atom is -0.329 e. The highest BCUT2D eigenvalue weighted by atomic mass is 16.1. The number of hydrogen-bond donors (Lipinski definition) is 1. The summed E-state index contributed by atoms with van der Waals surface area (Å²) >= 11 is 0. The SMILES string of the molecule is CCc1ccc([C@@H]2C(C(C)=O)=C(C)Nc3nc4ccccc4n32)cc1. The predicted molar refractivity (Wildman–Crippen MR) is 101 cm³/mol. The van der Waals surface area contributed by atoms with Gasteiger partial charge in [-0.05, 0) is 43.5 Å². The van der Waals surface area contributed by atoms with E-state index in [2.05, 4.69) is 47.1 Å². The van der Waals surface area contributed by atoms with Gasteiger partial charge in [0, 0.05) is 11.3 Å². The van der Waals surface area contributed by atoms with Gasteiger partial charge in [-0.15, -0.1) is 0 Å². The number of nitrogens with one attached hydrogen (secondary N) is 1. The van der Waals surface area contributed by atoms with E-state index in [1.54, 1.807) is 6.92 Å². The highest BCUT2D eigenvalue weighted by Crippen LogP contribution is 2.39. The van der Waals surface area contributed by atoms with Gasteiger partial charge in [-0.2, -0.15) is 0 Å². The highest BCUT2D eigenvalue weighted by molar-refractivity contribution is 5.97. The first kappa shape index (κ1) is 15.6. The third-order valence-corrected chi connectivity index (χ3v) is 4.91. The molecule has 0 fully saturated rings. The smallest absolute Gasteiger partial charge is 0.209 e. The van der Waals surface area contributed by atoms with E-state index in [1.165, 1.54) is 5.56 Å². The van der Waals surface area contributed by atoms with E-state index in [9.17, 15) is 4.79 Å². The van der Waals surface area contributed by atoms with Gasteiger partial charge in [0.2, 0.25) is 5.95 Å². The number of carbonyl (C=O) groups excluding carboxylic acids is 1. The molecular weight excluding hydrogens is 310 g/mol. The van der Waals surface area contributed by atoms with Crippen molar-refractivity contribution in [2.75, 3.05) is 5.32 Å². The summed E-state index contributed by atoms with van der Waals surface area (Å²) in [5.74, 6) is 0.867. The number of nitrogens with zero attached hydrogens (tertiary/aromatic N) is 2. The molecule has 4 nitrogen and oxygen atoms in total. The molecule has 4 rings (SSSR count). The maximum atomic E-state index is 12.5. The van der Waals surface area contributed by atoms with E-state index in [4.69, 9.17) is 4.98 Å². The lowest BCUT2D eigenvalue weighted by molar-refractivity contribution is -0.114. The number of fused-ring (bicyclic) bond motifs is 3. The van der Waals surface area contributed by atoms with E-state index < -0.39 is 0 Å². The monoisotopic (exact) mass is 331 g/mol. The third-order valence-electron chi connectivity index (χ3n) is 4.91. The van der Waals surface area contributed by atoms with Gasteiger partial charge in [0.25, 0.3) is 0 Å². The zero-order chi connectivity index (χ0) is 17.6. The normalized spacial score (nSPS) is 16.7. The number of aromatic nitrogens is 2. The van der Waals surface area contributed by atoms with Crippen LogP contribution in [-0.4, -0.2) is 15.3 Å². The summed E-state index contributed by atoms with van der Waals surface area (Å²) in [4.78, 5) is 17.2. The molecule has 3 aromatic rings. The number of imidazole rings is 1. The number of para-hydroxylation sites is 2. The minimum atomic E-state index is -0.160. The van der Waals surface area contributed by atoms with Gasteiger partial charge < -0.3 is 5.32 Å². The van der Waals surface area contributed by atoms with Crippen LogP contribution >= 0.6 is 0 Å². The van der Waals surface area contributed by atoms with Crippen LogP contribution in [-0.2, 0) is 11.2 Å². The summed E-state index contributed by atoms with van der Waals surface area (Å²) in [6.45, 7) is 5.73. The number of hydrogen-bond acceptors (Lipinski definition) is 3. The maximum Gasteiger partial charge on any atom is 0.209 e. The predicted octanol–water partition coefficient (Wildman–Crippen LogP) is 4.48. The lowest BCUT2D eigenvalue weighted by Gasteiger charge is -2.30. The van der Waals surface area contributed by atoms with Gasteiger partial charge in [0.15, 0.2) is 5.78 Å². The summed E-state index contributed by atoms with van der Waals surface area (Å²) in [6.07, 6.45) is 1.00. The van der Waals surface area contributed by atoms with E-state index >= 15 is 0 Å². The molecule has 2 heterocycles. The number of benzene rings is 2. The zero-order valence-corrected chi connectivity index (χ0v) is 14.7. The second-order valence-electron chi connectivity index (χ2n) is 6.51. The number of aryl methyl sites for hydroxylation is 1. The first-order valence-corrected chi connectivity index (χ1v) is 8.64. The highest BCUT2D eigenvalue weighted by Gasteiger charge is 2.32. The molecule has 1 aromatic heterocycles. The Hall–Kier alpha value is -2.88. The lowest BCUT2D eigenvalue weighted by atomic mass is 9.92. The van der Waals surface area contributed by atoms with Crippen LogP contribution < -0.4 is 5.32 Å². The van der Waals surface area contributed by atoms with Crippen molar-refractivity contribution in [3.63, 3.8) is 0 Å². The average molecular weight is 331 g/mol. The Kier molecular flexibility index (Phi) is 3.68. The zero-order valence-electron chi connectivity index (χ0n) is 14.7. The molecule has 1 N–H and O–H groups in total. The molecule has 0 aliphatic carbocycles. The van der Waals surface area contributed by atoms with Crippen molar-refractivity contribution < 1.29 is 4.79 Å². The minimum absolute atomic E-state index is 0.0815. The molecule has 2 aromatic carbocycles. The van der Waals surface area contributed by atoms with Gasteiger partial charge in [0.1, 0.15) is 0 Å². The van der Waals surface area contributed by atoms with Crippen LogP contribution in [0.3, 0.4) is 0 Å². The molecule has 0 radical (unpaired) electrons. The number of rotatable bonds is 3. The fourth-order valence-corrected chi connectivity index (χ4v) is 3.67. The van der Waals surface area contributed by atoms with E-state index in [0.29, 0.717) is 0 Å². The van der Waals surface area contributed by atoms with Crippen molar-refractivity contribution in [2.24, 2.45) is 0 Å². The Morgan fingerprint density at radius 2 is 1.88 bits per heavy atom. The number of carbonyl (C=O) groups is 1. The molecule has 0 amide bonds. The molecule has 4 heteroatoms. The van der Waals surface area contributed by atoms with Crippen LogP contribution in [0.15, 0.2) is 59.8 Å². The van der Waals surface area contributed by atoms with Crippen LogP contribution in [0.5, 0.6) is 0 Å². The fourth-order valence-electron chi connectivity index (χ4n) is 3.67. The molecule has 0 spiro atoms. The van der Waals surface area contributed by atoms with Crippen molar-refractivity contribution in [3.8, 4) is 0 Å². The van der Waals surface area contributed by atoms with Crippen molar-refractivity contribution in [1.82, 2.24) is 9.55 Å². The topological polar surface area (TPSA) is 46.9 Å². The molecule has 1 aliphatic heterocycles. The Labute approximate surface area is 147 Å². The third kappa shape index (κ3) is 2.45. The van der Waals surface area contributed by atoms with Gasteiger partial charge in [-0.25, -0.2) is 4.98 Å². The lowest BCUT2D eigenvalue weighted by Crippen LogP contribution is -2.27. The fraction of sp³-hybridized carbons (Fsp3) is 0.238. The van der Waals surface area contributed by atoms with Crippen LogP contribution in [0, 0.1) is 0 Å². The molecule has 0 saturated carbocycles. The van der Waals surface area contributed by atoms with Crippen LogP contribution in [0.1, 0.15) is 37.9 Å². The molecule has 1 atom stereocenters. The molecule has 1 aliphatic rings. The first-order valence-electron chi connectivity index (χ1n) is 8.64. The first-order chi connectivity index (χ1) is 12.1. The second kappa shape index (κ2) is 5.88. The molecule has 126 valence electrons. The quantitative estimate of drug-likeness (QED) is 0.770. The maximum absolute atomic E-state index is 12.5. The number of ketones is 1. The largest absolute Gasteiger partial charge is 0.329 e. The van der Waals surface area contributed by atoms with Crippen LogP contribution in [0.4, 0.5) is 5.95 Å². The van der Waals surface area contributed by atoms with Crippen molar-refractivity contribution in [3.05, 3.63) is 70.9 Å². The molecule has 0 saturated heterocycles. The van der Waals surface area contributed by atoms with Crippen molar-refractivity contribution in [1.29, 1.82) is 0 Å². The Morgan fingerprint density at radius 3 is 2.56 bits per heavy atom. The average Bonchev–Trinajstić information content (AvgIpc) is 2.98. The second-order valence-corrected chi connectivity index (χ2v) is 6.51.